The van der Waals surface area contributed by atoms with Crippen molar-refractivity contribution in [2.75, 3.05) is 24.5 Å². The first-order valence-electron chi connectivity index (χ1n) is 11.3. The SMILES string of the molecule is N#Cc1c(F)cccc1N1CCC(CNC(=O)[C@H](O)C(O)C(=O)N2Cc3ccccc3C2)CC1. The van der Waals surface area contributed by atoms with Crippen molar-refractivity contribution in [3.05, 3.63) is 65.0 Å². The van der Waals surface area contributed by atoms with Gasteiger partial charge in [0.1, 0.15) is 17.4 Å². The van der Waals surface area contributed by atoms with Crippen LogP contribution in [0, 0.1) is 23.1 Å². The lowest BCUT2D eigenvalue weighted by atomic mass is 9.95. The van der Waals surface area contributed by atoms with E-state index in [1.807, 2.05) is 35.2 Å². The lowest BCUT2D eigenvalue weighted by Gasteiger charge is -2.34. The maximum absolute atomic E-state index is 13.9. The second kappa shape index (κ2) is 10.2. The molecule has 8 nitrogen and oxygen atoms in total. The number of aliphatic hydroxyl groups is 2. The predicted octanol–water partition coefficient (Wildman–Crippen LogP) is 1.29. The van der Waals surface area contributed by atoms with Crippen LogP contribution in [0.3, 0.4) is 0 Å². The number of halogens is 1. The average Bonchev–Trinajstić information content (AvgIpc) is 3.30. The van der Waals surface area contributed by atoms with Crippen LogP contribution >= 0.6 is 0 Å². The van der Waals surface area contributed by atoms with Gasteiger partial charge in [0.05, 0.1) is 5.69 Å². The summed E-state index contributed by atoms with van der Waals surface area (Å²) < 4.78 is 13.9. The molecule has 0 spiro atoms. The summed E-state index contributed by atoms with van der Waals surface area (Å²) >= 11 is 0. The predicted molar refractivity (Wildman–Crippen MR) is 122 cm³/mol. The fourth-order valence-corrected chi connectivity index (χ4v) is 4.57. The zero-order valence-corrected chi connectivity index (χ0v) is 18.7. The van der Waals surface area contributed by atoms with Gasteiger partial charge in [-0.1, -0.05) is 30.3 Å². The van der Waals surface area contributed by atoms with Crippen LogP contribution in [-0.4, -0.2) is 58.8 Å². The van der Waals surface area contributed by atoms with Crippen molar-refractivity contribution in [2.45, 2.75) is 38.1 Å². The topological polar surface area (TPSA) is 117 Å². The fraction of sp³-hybridized carbons (Fsp3) is 0.400. The van der Waals surface area contributed by atoms with E-state index in [1.54, 1.807) is 12.1 Å². The van der Waals surface area contributed by atoms with Crippen LogP contribution < -0.4 is 10.2 Å². The maximum atomic E-state index is 13.9. The van der Waals surface area contributed by atoms with Crippen LogP contribution in [0.4, 0.5) is 10.1 Å². The van der Waals surface area contributed by atoms with Crippen LogP contribution in [0.15, 0.2) is 42.5 Å². The highest BCUT2D eigenvalue weighted by Crippen LogP contribution is 2.27. The number of carbonyl (C=O) groups excluding carboxylic acids is 2. The van der Waals surface area contributed by atoms with E-state index in [9.17, 15) is 29.5 Å². The zero-order valence-electron chi connectivity index (χ0n) is 18.7. The Labute approximate surface area is 197 Å². The standard InChI is InChI=1S/C25H27FN4O4/c26-20-6-3-7-21(19(20)12-27)29-10-8-16(9-11-29)13-28-24(33)22(31)23(32)25(34)30-14-17-4-1-2-5-18(17)15-30/h1-7,16,22-23,31-32H,8-11,13-15H2,(H,28,33)/t22-,23?/m1/s1. The number of hydrogen-bond donors (Lipinski definition) is 3. The summed E-state index contributed by atoms with van der Waals surface area (Å²) in [6.07, 6.45) is -2.30. The van der Waals surface area contributed by atoms with Crippen LogP contribution in [-0.2, 0) is 22.7 Å². The van der Waals surface area contributed by atoms with Gasteiger partial charge in [-0.2, -0.15) is 5.26 Å². The number of aliphatic hydroxyl groups excluding tert-OH is 2. The second-order valence-corrected chi connectivity index (χ2v) is 8.77. The van der Waals surface area contributed by atoms with Crippen LogP contribution in [0.25, 0.3) is 0 Å². The van der Waals surface area contributed by atoms with Gasteiger partial charge in [0.25, 0.3) is 11.8 Å². The molecule has 34 heavy (non-hydrogen) atoms. The number of anilines is 1. The molecule has 2 amide bonds. The van der Waals surface area contributed by atoms with Gasteiger partial charge in [0.15, 0.2) is 12.2 Å². The molecule has 0 bridgehead atoms. The number of piperidine rings is 1. The number of nitrogens with one attached hydrogen (secondary N) is 1. The Kier molecular flexibility index (Phi) is 7.10. The van der Waals surface area contributed by atoms with Gasteiger partial charge in [-0.05, 0) is 42.0 Å². The summed E-state index contributed by atoms with van der Waals surface area (Å²) in [6, 6.07) is 14.0. The number of fused-ring (bicyclic) bond motifs is 1. The van der Waals surface area contributed by atoms with Crippen LogP contribution in [0.2, 0.25) is 0 Å². The van der Waals surface area contributed by atoms with E-state index in [1.165, 1.54) is 11.0 Å². The summed E-state index contributed by atoms with van der Waals surface area (Å²) in [5.74, 6) is -1.91. The van der Waals surface area contributed by atoms with Crippen molar-refractivity contribution in [1.29, 1.82) is 5.26 Å². The Bertz CT molecular complexity index is 1090. The van der Waals surface area contributed by atoms with E-state index in [-0.39, 0.29) is 18.0 Å². The number of nitrogens with zero attached hydrogens (tertiary/aromatic N) is 3. The molecule has 0 radical (unpaired) electrons. The number of hydrogen-bond acceptors (Lipinski definition) is 6. The lowest BCUT2D eigenvalue weighted by Crippen LogP contribution is -2.50. The van der Waals surface area contributed by atoms with Crippen molar-refractivity contribution < 1.29 is 24.2 Å². The largest absolute Gasteiger partial charge is 0.380 e. The van der Waals surface area contributed by atoms with E-state index in [2.05, 4.69) is 5.32 Å². The minimum absolute atomic E-state index is 0.0251. The molecule has 0 saturated carbocycles. The van der Waals surface area contributed by atoms with Crippen molar-refractivity contribution in [3.8, 4) is 6.07 Å². The molecule has 178 valence electrons. The van der Waals surface area contributed by atoms with Crippen LogP contribution in [0.1, 0.15) is 29.5 Å². The highest BCUT2D eigenvalue weighted by Gasteiger charge is 2.35. The van der Waals surface area contributed by atoms with Gasteiger partial charge < -0.3 is 25.3 Å². The number of carbonyl (C=O) groups is 2. The number of amides is 2. The molecule has 9 heteroatoms. The van der Waals surface area contributed by atoms with Gasteiger partial charge in [-0.3, -0.25) is 9.59 Å². The summed E-state index contributed by atoms with van der Waals surface area (Å²) in [7, 11) is 0. The molecular formula is C25H27FN4O4. The second-order valence-electron chi connectivity index (χ2n) is 8.77. The van der Waals surface area contributed by atoms with E-state index in [0.717, 1.165) is 11.1 Å². The molecule has 3 N–H and O–H groups in total. The summed E-state index contributed by atoms with van der Waals surface area (Å²) in [5, 5.41) is 32.4. The Morgan fingerprint density at radius 3 is 2.32 bits per heavy atom. The minimum atomic E-state index is -1.86. The number of nitriles is 1. The smallest absolute Gasteiger partial charge is 0.255 e. The number of benzene rings is 2. The Morgan fingerprint density at radius 2 is 1.71 bits per heavy atom. The van der Waals surface area contributed by atoms with Crippen LogP contribution in [0.5, 0.6) is 0 Å². The Morgan fingerprint density at radius 1 is 1.06 bits per heavy atom. The molecule has 2 aliphatic rings. The van der Waals surface area contributed by atoms with Crippen molar-refractivity contribution in [3.63, 3.8) is 0 Å². The van der Waals surface area contributed by atoms with E-state index >= 15 is 0 Å². The highest BCUT2D eigenvalue weighted by atomic mass is 19.1. The van der Waals surface area contributed by atoms with Crippen molar-refractivity contribution >= 4 is 17.5 Å². The molecule has 0 aromatic heterocycles. The number of rotatable bonds is 6. The maximum Gasteiger partial charge on any atom is 0.255 e. The first kappa shape index (κ1) is 23.7. The van der Waals surface area contributed by atoms with Gasteiger partial charge in [-0.15, -0.1) is 0 Å². The Balaban J connectivity index is 1.25. The van der Waals surface area contributed by atoms with Crippen molar-refractivity contribution in [2.24, 2.45) is 5.92 Å². The van der Waals surface area contributed by atoms with Gasteiger partial charge in [0, 0.05) is 32.7 Å². The van der Waals surface area contributed by atoms with Gasteiger partial charge >= 0.3 is 0 Å². The summed E-state index contributed by atoms with van der Waals surface area (Å²) in [5.41, 5.74) is 2.55. The summed E-state index contributed by atoms with van der Waals surface area (Å²) in [4.78, 5) is 28.4. The Hall–Kier alpha value is -3.48. The third kappa shape index (κ3) is 4.88. The summed E-state index contributed by atoms with van der Waals surface area (Å²) in [6.45, 7) is 2.14. The molecule has 2 heterocycles. The third-order valence-corrected chi connectivity index (χ3v) is 6.60. The molecule has 2 aromatic rings. The van der Waals surface area contributed by atoms with Gasteiger partial charge in [0.2, 0.25) is 0 Å². The molecular weight excluding hydrogens is 439 g/mol. The lowest BCUT2D eigenvalue weighted by molar-refractivity contribution is -0.153. The van der Waals surface area contributed by atoms with Gasteiger partial charge in [-0.25, -0.2) is 4.39 Å². The monoisotopic (exact) mass is 466 g/mol. The molecule has 1 fully saturated rings. The molecule has 2 aliphatic heterocycles. The van der Waals surface area contributed by atoms with Crippen molar-refractivity contribution in [1.82, 2.24) is 10.2 Å². The average molecular weight is 467 g/mol. The molecule has 0 aliphatic carbocycles. The first-order valence-corrected chi connectivity index (χ1v) is 11.3. The fourth-order valence-electron chi connectivity index (χ4n) is 4.57. The third-order valence-electron chi connectivity index (χ3n) is 6.60. The highest BCUT2D eigenvalue weighted by molar-refractivity contribution is 5.91. The zero-order chi connectivity index (χ0) is 24.2. The molecule has 2 aromatic carbocycles. The molecule has 1 saturated heterocycles. The quantitative estimate of drug-likeness (QED) is 0.591. The van der Waals surface area contributed by atoms with E-state index in [4.69, 9.17) is 0 Å². The normalized spacial score (nSPS) is 17.6. The first-order chi connectivity index (χ1) is 16.4. The van der Waals surface area contributed by atoms with E-state index < -0.39 is 29.8 Å². The molecule has 2 atom stereocenters. The van der Waals surface area contributed by atoms with E-state index in [0.29, 0.717) is 44.7 Å². The minimum Gasteiger partial charge on any atom is -0.380 e. The molecule has 4 rings (SSSR count). The molecule has 1 unspecified atom stereocenters.